The minimum atomic E-state index is -0.812. The second kappa shape index (κ2) is 7.25. The Kier molecular flexibility index (Phi) is 5.10. The lowest BCUT2D eigenvalue weighted by Crippen LogP contribution is -2.29. The van der Waals surface area contributed by atoms with Gasteiger partial charge in [-0.05, 0) is 34.9 Å². The molecule has 0 saturated carbocycles. The van der Waals surface area contributed by atoms with E-state index in [1.165, 1.54) is 0 Å². The van der Waals surface area contributed by atoms with Crippen LogP contribution < -0.4 is 5.32 Å². The van der Waals surface area contributed by atoms with Gasteiger partial charge in [-0.15, -0.1) is 0 Å². The molecule has 0 spiro atoms. The Morgan fingerprint density at radius 1 is 1.22 bits per heavy atom. The van der Waals surface area contributed by atoms with Gasteiger partial charge in [-0.1, -0.05) is 46.3 Å². The number of carboxylic acid groups (broad SMARTS) is 1. The smallest absolute Gasteiger partial charge is 0.320 e. The van der Waals surface area contributed by atoms with Crippen molar-refractivity contribution in [3.05, 3.63) is 58.6 Å². The number of rotatable bonds is 5. The first-order valence-electron chi connectivity index (χ1n) is 7.54. The van der Waals surface area contributed by atoms with Crippen molar-refractivity contribution in [2.24, 2.45) is 0 Å². The molecule has 5 heteroatoms. The molecule has 1 saturated heterocycles. The van der Waals surface area contributed by atoms with Gasteiger partial charge < -0.3 is 15.2 Å². The summed E-state index contributed by atoms with van der Waals surface area (Å²) < 4.78 is 6.90. The van der Waals surface area contributed by atoms with Gasteiger partial charge in [-0.3, -0.25) is 4.79 Å². The van der Waals surface area contributed by atoms with Gasteiger partial charge in [-0.2, -0.15) is 0 Å². The molecule has 1 aliphatic rings. The molecule has 1 fully saturated rings. The molecule has 0 aromatic heterocycles. The fourth-order valence-electron chi connectivity index (χ4n) is 2.74. The minimum absolute atomic E-state index is 0.0503. The van der Waals surface area contributed by atoms with Crippen molar-refractivity contribution in [2.45, 2.75) is 25.2 Å². The van der Waals surface area contributed by atoms with Crippen molar-refractivity contribution in [2.75, 3.05) is 6.54 Å². The van der Waals surface area contributed by atoms with Crippen LogP contribution in [0.5, 0.6) is 0 Å². The van der Waals surface area contributed by atoms with Crippen LogP contribution in [0.15, 0.2) is 53.0 Å². The van der Waals surface area contributed by atoms with E-state index in [1.807, 2.05) is 24.3 Å². The van der Waals surface area contributed by atoms with Crippen LogP contribution in [0.3, 0.4) is 0 Å². The number of hydrogen-bond acceptors (Lipinski definition) is 3. The predicted molar refractivity (Wildman–Crippen MR) is 92.2 cm³/mol. The van der Waals surface area contributed by atoms with E-state index < -0.39 is 12.0 Å². The normalized spacial score (nSPS) is 20.6. The number of nitrogens with one attached hydrogen (secondary N) is 1. The first kappa shape index (κ1) is 16.2. The quantitative estimate of drug-likeness (QED) is 0.840. The van der Waals surface area contributed by atoms with Crippen LogP contribution in [0.1, 0.15) is 12.0 Å². The molecule has 0 unspecified atom stereocenters. The molecular weight excluding hydrogens is 358 g/mol. The molecule has 120 valence electrons. The van der Waals surface area contributed by atoms with Crippen molar-refractivity contribution in [1.82, 2.24) is 5.32 Å². The summed E-state index contributed by atoms with van der Waals surface area (Å²) in [7, 11) is 0. The lowest BCUT2D eigenvalue weighted by Gasteiger charge is -2.12. The molecule has 1 heterocycles. The Labute approximate surface area is 143 Å². The highest BCUT2D eigenvalue weighted by molar-refractivity contribution is 9.10. The first-order chi connectivity index (χ1) is 11.1. The van der Waals surface area contributed by atoms with Crippen molar-refractivity contribution in [1.29, 1.82) is 0 Å². The van der Waals surface area contributed by atoms with Gasteiger partial charge in [-0.25, -0.2) is 0 Å². The molecule has 0 radical (unpaired) electrons. The Bertz CT molecular complexity index is 704. The topological polar surface area (TPSA) is 58.6 Å². The number of benzene rings is 2. The monoisotopic (exact) mass is 375 g/mol. The van der Waals surface area contributed by atoms with E-state index in [9.17, 15) is 4.79 Å². The van der Waals surface area contributed by atoms with Crippen molar-refractivity contribution in [3.8, 4) is 11.1 Å². The number of ether oxygens (including phenoxy) is 1. The van der Waals surface area contributed by atoms with Gasteiger partial charge >= 0.3 is 5.97 Å². The molecule has 23 heavy (non-hydrogen) atoms. The Morgan fingerprint density at radius 2 is 1.96 bits per heavy atom. The summed E-state index contributed by atoms with van der Waals surface area (Å²) in [5.41, 5.74) is 3.37. The standard InChI is InChI=1S/C18H18BrNO3/c19-15-6-2-5-14(8-15)13-4-1-3-12(7-13)11-23-16-9-17(18(21)22)20-10-16/h1-8,16-17,20H,9-11H2,(H,21,22)/t16-,17+/m1/s1. The summed E-state index contributed by atoms with van der Waals surface area (Å²) in [6.07, 6.45) is 0.464. The predicted octanol–water partition coefficient (Wildman–Crippen LogP) is 3.45. The highest BCUT2D eigenvalue weighted by Gasteiger charge is 2.29. The van der Waals surface area contributed by atoms with E-state index in [1.54, 1.807) is 0 Å². The third-order valence-corrected chi connectivity index (χ3v) is 4.45. The number of aliphatic carboxylic acids is 1. The molecule has 2 N–H and O–H groups in total. The third-order valence-electron chi connectivity index (χ3n) is 3.96. The molecule has 2 aromatic carbocycles. The average molecular weight is 376 g/mol. The summed E-state index contributed by atoms with van der Waals surface area (Å²) in [5, 5.41) is 11.9. The number of carboxylic acids is 1. The summed E-state index contributed by atoms with van der Waals surface area (Å²) in [5.74, 6) is -0.812. The molecule has 0 aliphatic carbocycles. The lowest BCUT2D eigenvalue weighted by molar-refractivity contribution is -0.139. The maximum absolute atomic E-state index is 10.9. The van der Waals surface area contributed by atoms with Crippen molar-refractivity contribution in [3.63, 3.8) is 0 Å². The van der Waals surface area contributed by atoms with Gasteiger partial charge in [0.25, 0.3) is 0 Å². The van der Waals surface area contributed by atoms with Gasteiger partial charge in [0.05, 0.1) is 12.7 Å². The molecule has 2 aromatic rings. The van der Waals surface area contributed by atoms with Gasteiger partial charge in [0, 0.05) is 17.4 Å². The van der Waals surface area contributed by atoms with Crippen LogP contribution in [0.2, 0.25) is 0 Å². The molecule has 0 bridgehead atoms. The Hall–Kier alpha value is -1.69. The first-order valence-corrected chi connectivity index (χ1v) is 8.34. The second-order valence-corrected chi connectivity index (χ2v) is 6.59. The zero-order valence-corrected chi connectivity index (χ0v) is 14.1. The molecular formula is C18H18BrNO3. The van der Waals surface area contributed by atoms with Crippen LogP contribution in [-0.4, -0.2) is 29.8 Å². The van der Waals surface area contributed by atoms with Crippen molar-refractivity contribution < 1.29 is 14.6 Å². The largest absolute Gasteiger partial charge is 0.480 e. The summed E-state index contributed by atoms with van der Waals surface area (Å²) in [4.78, 5) is 10.9. The highest BCUT2D eigenvalue weighted by Crippen LogP contribution is 2.24. The fourth-order valence-corrected chi connectivity index (χ4v) is 3.14. The van der Waals surface area contributed by atoms with Gasteiger partial charge in [0.15, 0.2) is 0 Å². The van der Waals surface area contributed by atoms with Crippen LogP contribution in [0.25, 0.3) is 11.1 Å². The van der Waals surface area contributed by atoms with Crippen LogP contribution in [0.4, 0.5) is 0 Å². The Morgan fingerprint density at radius 3 is 2.65 bits per heavy atom. The maximum Gasteiger partial charge on any atom is 0.320 e. The van der Waals surface area contributed by atoms with Crippen LogP contribution in [-0.2, 0) is 16.1 Å². The number of hydrogen-bond donors (Lipinski definition) is 2. The SMILES string of the molecule is O=C(O)[C@@H]1C[C@@H](OCc2cccc(-c3cccc(Br)c3)c2)CN1. The fraction of sp³-hybridized carbons (Fsp3) is 0.278. The van der Waals surface area contributed by atoms with E-state index in [0.29, 0.717) is 19.6 Å². The molecule has 0 amide bonds. The number of halogens is 1. The second-order valence-electron chi connectivity index (χ2n) is 5.68. The van der Waals surface area contributed by atoms with Crippen LogP contribution in [0, 0.1) is 0 Å². The van der Waals surface area contributed by atoms with E-state index in [0.717, 1.165) is 21.2 Å². The highest BCUT2D eigenvalue weighted by atomic mass is 79.9. The molecule has 2 atom stereocenters. The van der Waals surface area contributed by atoms with Crippen molar-refractivity contribution >= 4 is 21.9 Å². The van der Waals surface area contributed by atoms with E-state index in [2.05, 4.69) is 45.5 Å². The third kappa shape index (κ3) is 4.19. The van der Waals surface area contributed by atoms with E-state index >= 15 is 0 Å². The average Bonchev–Trinajstić information content (AvgIpc) is 3.02. The zero-order valence-electron chi connectivity index (χ0n) is 12.5. The van der Waals surface area contributed by atoms with Gasteiger partial charge in [0.1, 0.15) is 6.04 Å². The van der Waals surface area contributed by atoms with E-state index in [4.69, 9.17) is 9.84 Å². The molecule has 4 nitrogen and oxygen atoms in total. The number of carbonyl (C=O) groups is 1. The molecule has 3 rings (SSSR count). The van der Waals surface area contributed by atoms with Gasteiger partial charge in [0.2, 0.25) is 0 Å². The zero-order chi connectivity index (χ0) is 16.2. The summed E-state index contributed by atoms with van der Waals surface area (Å²) in [6, 6.07) is 15.9. The van der Waals surface area contributed by atoms with E-state index in [-0.39, 0.29) is 6.10 Å². The Balaban J connectivity index is 1.63. The summed E-state index contributed by atoms with van der Waals surface area (Å²) >= 11 is 3.49. The lowest BCUT2D eigenvalue weighted by atomic mass is 10.0. The van der Waals surface area contributed by atoms with Crippen LogP contribution >= 0.6 is 15.9 Å². The summed E-state index contributed by atoms with van der Waals surface area (Å²) in [6.45, 7) is 1.07. The minimum Gasteiger partial charge on any atom is -0.480 e. The maximum atomic E-state index is 10.9. The molecule has 1 aliphatic heterocycles.